The van der Waals surface area contributed by atoms with E-state index in [4.69, 9.17) is 10.4 Å². The molecule has 3 heteroatoms. The summed E-state index contributed by atoms with van der Waals surface area (Å²) in [7, 11) is 0. The van der Waals surface area contributed by atoms with Gasteiger partial charge in [0.15, 0.2) is 0 Å². The first-order valence-electron chi connectivity index (χ1n) is 5.31. The molecule has 0 bridgehead atoms. The summed E-state index contributed by atoms with van der Waals surface area (Å²) in [5, 5.41) is 16.0. The van der Waals surface area contributed by atoms with E-state index in [0.717, 1.165) is 5.56 Å². The minimum Gasteiger partial charge on any atom is -0.481 e. The van der Waals surface area contributed by atoms with E-state index in [1.807, 2.05) is 48.6 Å². The molecular formula is C15H15NO2. The van der Waals surface area contributed by atoms with Crippen molar-refractivity contribution in [2.75, 3.05) is 0 Å². The zero-order valence-corrected chi connectivity index (χ0v) is 9.99. The van der Waals surface area contributed by atoms with Crippen molar-refractivity contribution in [2.45, 2.75) is 6.42 Å². The predicted molar refractivity (Wildman–Crippen MR) is 72.7 cm³/mol. The van der Waals surface area contributed by atoms with E-state index in [2.05, 4.69) is 6.58 Å². The number of nitrogens with zero attached hydrogens (tertiary/aromatic N) is 1. The van der Waals surface area contributed by atoms with Gasteiger partial charge in [0.2, 0.25) is 0 Å². The van der Waals surface area contributed by atoms with Crippen LogP contribution in [0.25, 0.3) is 6.08 Å². The molecule has 0 aliphatic heterocycles. The minimum atomic E-state index is -0.829. The van der Waals surface area contributed by atoms with E-state index in [9.17, 15) is 4.79 Å². The summed E-state index contributed by atoms with van der Waals surface area (Å²) in [5.74, 6) is -0.829. The van der Waals surface area contributed by atoms with Crippen LogP contribution in [0.4, 0.5) is 0 Å². The lowest BCUT2D eigenvalue weighted by molar-refractivity contribution is -0.135. The molecule has 0 unspecified atom stereocenters. The molecule has 0 aromatic heterocycles. The molecular weight excluding hydrogens is 226 g/mol. The van der Waals surface area contributed by atoms with E-state index in [1.165, 1.54) is 12.2 Å². The van der Waals surface area contributed by atoms with Gasteiger partial charge < -0.3 is 5.11 Å². The van der Waals surface area contributed by atoms with Gasteiger partial charge in [-0.15, -0.1) is 6.58 Å². The first-order chi connectivity index (χ1) is 8.70. The third-order valence-corrected chi connectivity index (χ3v) is 1.69. The molecule has 1 N–H and O–H groups in total. The van der Waals surface area contributed by atoms with E-state index < -0.39 is 5.97 Å². The normalized spacial score (nSPS) is 9.50. The Balaban J connectivity index is 0.000000411. The van der Waals surface area contributed by atoms with Crippen molar-refractivity contribution in [3.05, 3.63) is 66.8 Å². The number of hydrogen-bond acceptors (Lipinski definition) is 2. The van der Waals surface area contributed by atoms with E-state index in [-0.39, 0.29) is 6.42 Å². The van der Waals surface area contributed by atoms with Gasteiger partial charge in [0.05, 0.1) is 12.5 Å². The molecule has 1 rings (SSSR count). The molecule has 0 saturated carbocycles. The van der Waals surface area contributed by atoms with E-state index >= 15 is 0 Å². The van der Waals surface area contributed by atoms with Crippen molar-refractivity contribution < 1.29 is 9.90 Å². The van der Waals surface area contributed by atoms with Gasteiger partial charge in [0, 0.05) is 6.08 Å². The van der Waals surface area contributed by atoms with Gasteiger partial charge in [-0.25, -0.2) is 0 Å². The number of benzene rings is 1. The molecule has 0 radical (unpaired) electrons. The largest absolute Gasteiger partial charge is 0.481 e. The maximum Gasteiger partial charge on any atom is 0.307 e. The first kappa shape index (κ1) is 15.4. The van der Waals surface area contributed by atoms with Crippen LogP contribution in [0.3, 0.4) is 0 Å². The zero-order chi connectivity index (χ0) is 13.6. The SMILES string of the molecule is C=CCC(=O)O.N#CC=CC=Cc1ccccc1. The van der Waals surface area contributed by atoms with Crippen molar-refractivity contribution in [1.82, 2.24) is 0 Å². The molecule has 92 valence electrons. The number of nitriles is 1. The van der Waals surface area contributed by atoms with Crippen molar-refractivity contribution in [3.63, 3.8) is 0 Å². The number of aliphatic carboxylic acids is 1. The summed E-state index contributed by atoms with van der Waals surface area (Å²) in [5.41, 5.74) is 1.14. The Morgan fingerprint density at radius 3 is 2.44 bits per heavy atom. The molecule has 1 aromatic rings. The molecule has 18 heavy (non-hydrogen) atoms. The number of carboxylic acid groups (broad SMARTS) is 1. The minimum absolute atomic E-state index is 0.0556. The second-order valence-corrected chi connectivity index (χ2v) is 3.14. The lowest BCUT2D eigenvalue weighted by atomic mass is 10.2. The molecule has 0 heterocycles. The fourth-order valence-corrected chi connectivity index (χ4v) is 0.953. The lowest BCUT2D eigenvalue weighted by Gasteiger charge is -1.87. The first-order valence-corrected chi connectivity index (χ1v) is 5.31. The average Bonchev–Trinajstić information content (AvgIpc) is 2.37. The smallest absolute Gasteiger partial charge is 0.307 e. The predicted octanol–water partition coefficient (Wildman–Crippen LogP) is 3.43. The summed E-state index contributed by atoms with van der Waals surface area (Å²) in [6, 6.07) is 11.9. The van der Waals surface area contributed by atoms with Crippen LogP contribution in [-0.4, -0.2) is 11.1 Å². The molecule has 0 spiro atoms. The van der Waals surface area contributed by atoms with Gasteiger partial charge in [-0.1, -0.05) is 54.6 Å². The Bertz CT molecular complexity index is 453. The zero-order valence-electron chi connectivity index (χ0n) is 9.99. The molecule has 3 nitrogen and oxygen atoms in total. The van der Waals surface area contributed by atoms with Crippen LogP contribution < -0.4 is 0 Å². The van der Waals surface area contributed by atoms with Crippen LogP contribution in [0.2, 0.25) is 0 Å². The highest BCUT2D eigenvalue weighted by atomic mass is 16.4. The number of allylic oxidation sites excluding steroid dienone is 3. The number of carboxylic acids is 1. The van der Waals surface area contributed by atoms with Crippen molar-refractivity contribution in [1.29, 1.82) is 5.26 Å². The number of carbonyl (C=O) groups is 1. The Labute approximate surface area is 107 Å². The van der Waals surface area contributed by atoms with Crippen LogP contribution in [-0.2, 0) is 4.79 Å². The second kappa shape index (κ2) is 10.9. The van der Waals surface area contributed by atoms with Crippen LogP contribution in [0.5, 0.6) is 0 Å². The van der Waals surface area contributed by atoms with Gasteiger partial charge in [0.1, 0.15) is 0 Å². The van der Waals surface area contributed by atoms with E-state index in [1.54, 1.807) is 6.08 Å². The van der Waals surface area contributed by atoms with Crippen LogP contribution in [0, 0.1) is 11.3 Å². The van der Waals surface area contributed by atoms with Gasteiger partial charge in [-0.2, -0.15) is 5.26 Å². The Morgan fingerprint density at radius 1 is 1.33 bits per heavy atom. The highest BCUT2D eigenvalue weighted by Crippen LogP contribution is 2.00. The van der Waals surface area contributed by atoms with E-state index in [0.29, 0.717) is 0 Å². The summed E-state index contributed by atoms with van der Waals surface area (Å²) >= 11 is 0. The standard InChI is InChI=1S/C11H9N.C4H6O2/c12-10-6-2-5-9-11-7-3-1-4-8-11;1-2-3-4(5)6/h1-9H;2H,1,3H2,(H,5,6). The highest BCUT2D eigenvalue weighted by Gasteiger charge is 1.84. The van der Waals surface area contributed by atoms with Gasteiger partial charge >= 0.3 is 5.97 Å². The molecule has 0 saturated heterocycles. The van der Waals surface area contributed by atoms with Crippen molar-refractivity contribution >= 4 is 12.0 Å². The molecule has 1 aromatic carbocycles. The fraction of sp³-hybridized carbons (Fsp3) is 0.0667. The Kier molecular flexibility index (Phi) is 9.33. The van der Waals surface area contributed by atoms with Crippen molar-refractivity contribution in [3.8, 4) is 6.07 Å². The summed E-state index contributed by atoms with van der Waals surface area (Å²) in [6.07, 6.45) is 8.36. The quantitative estimate of drug-likeness (QED) is 0.499. The van der Waals surface area contributed by atoms with Gasteiger partial charge in [-0.05, 0) is 5.56 Å². The number of hydrogen-bond donors (Lipinski definition) is 1. The average molecular weight is 241 g/mol. The van der Waals surface area contributed by atoms with Gasteiger partial charge in [0.25, 0.3) is 0 Å². The number of rotatable bonds is 4. The van der Waals surface area contributed by atoms with Crippen LogP contribution in [0.15, 0.2) is 61.2 Å². The van der Waals surface area contributed by atoms with Crippen LogP contribution in [0.1, 0.15) is 12.0 Å². The third kappa shape index (κ3) is 9.94. The molecule has 0 atom stereocenters. The highest BCUT2D eigenvalue weighted by molar-refractivity contribution is 5.68. The molecule has 0 fully saturated rings. The Hall–Kier alpha value is -2.60. The Morgan fingerprint density at radius 2 is 2.00 bits per heavy atom. The summed E-state index contributed by atoms with van der Waals surface area (Å²) < 4.78 is 0. The molecule has 0 amide bonds. The summed E-state index contributed by atoms with van der Waals surface area (Å²) in [4.78, 5) is 9.53. The third-order valence-electron chi connectivity index (χ3n) is 1.69. The maximum absolute atomic E-state index is 9.53. The molecule has 0 aliphatic carbocycles. The fourth-order valence-electron chi connectivity index (χ4n) is 0.953. The second-order valence-electron chi connectivity index (χ2n) is 3.14. The summed E-state index contributed by atoms with van der Waals surface area (Å²) in [6.45, 7) is 3.22. The topological polar surface area (TPSA) is 61.1 Å². The van der Waals surface area contributed by atoms with Gasteiger partial charge in [-0.3, -0.25) is 4.79 Å². The monoisotopic (exact) mass is 241 g/mol. The van der Waals surface area contributed by atoms with Crippen LogP contribution >= 0.6 is 0 Å². The lowest BCUT2D eigenvalue weighted by Crippen LogP contribution is -1.88. The molecule has 0 aliphatic rings. The van der Waals surface area contributed by atoms with Crippen molar-refractivity contribution in [2.24, 2.45) is 0 Å². The maximum atomic E-state index is 9.53.